The topological polar surface area (TPSA) is 237 Å². The molecule has 17 nitrogen and oxygen atoms in total. The molecular weight excluding hydrogens is 1380 g/mol. The molecule has 3 N–H and O–H groups in total. The molecule has 106 heavy (non-hydrogen) atoms. The minimum absolute atomic E-state index is 0.0712. The van der Waals surface area contributed by atoms with Crippen LogP contribution in [0.4, 0.5) is 0 Å². The number of rotatable bonds is 76. The van der Waals surface area contributed by atoms with Gasteiger partial charge < -0.3 is 33.8 Å². The summed E-state index contributed by atoms with van der Waals surface area (Å²) >= 11 is 0. The second kappa shape index (κ2) is 78.1. The third-order valence-corrected chi connectivity index (χ3v) is 18.7. The van der Waals surface area contributed by atoms with Gasteiger partial charge in [0.25, 0.3) is 0 Å². The van der Waals surface area contributed by atoms with E-state index in [0.29, 0.717) is 25.7 Å². The summed E-state index contributed by atoms with van der Waals surface area (Å²) in [5.41, 5.74) is 0. The van der Waals surface area contributed by atoms with Crippen LogP contribution >= 0.6 is 15.6 Å². The molecule has 0 aliphatic carbocycles. The van der Waals surface area contributed by atoms with Crippen molar-refractivity contribution in [1.82, 2.24) is 0 Å². The average molecular weight is 1530 g/mol. The quantitative estimate of drug-likeness (QED) is 0.0169. The van der Waals surface area contributed by atoms with E-state index >= 15 is 0 Å². The fourth-order valence-corrected chi connectivity index (χ4v) is 12.2. The van der Waals surface area contributed by atoms with Gasteiger partial charge in [-0.3, -0.25) is 37.3 Å². The van der Waals surface area contributed by atoms with Crippen molar-refractivity contribution in [1.29, 1.82) is 0 Å². The summed E-state index contributed by atoms with van der Waals surface area (Å²) < 4.78 is 68.7. The largest absolute Gasteiger partial charge is 0.472 e. The zero-order valence-corrected chi connectivity index (χ0v) is 68.1. The third-order valence-electron chi connectivity index (χ3n) is 16.8. The molecular formula is C87H146O17P2. The SMILES string of the molecule is CC/C=C\C/C=C\C/C=C\C/C=C\CCCCCCCCC(=O)OCC(COP(=O)(O)OCC(O)COP(=O)(O)OCC(COC(=O)CCCCCCCCC/C=C\C/C=C\C/C=C\CC)OC(=O)CCCCCCC/C=C\CCCC)OC(=O)CCCCCCCC/C=C\C/C=C\C/C=C\C/C=C\CC. The predicted octanol–water partition coefficient (Wildman–Crippen LogP) is 24.2. The van der Waals surface area contributed by atoms with Gasteiger partial charge >= 0.3 is 39.5 Å². The summed E-state index contributed by atoms with van der Waals surface area (Å²) in [6.45, 7) is 4.47. The smallest absolute Gasteiger partial charge is 0.462 e. The number of carbonyl (C=O) groups excluding carboxylic acids is 4. The zero-order chi connectivity index (χ0) is 77.4. The van der Waals surface area contributed by atoms with Crippen LogP contribution in [0.25, 0.3) is 0 Å². The first-order chi connectivity index (χ1) is 51.7. The molecule has 0 radical (unpaired) electrons. The van der Waals surface area contributed by atoms with Gasteiger partial charge in [-0.25, -0.2) is 9.13 Å². The second-order valence-electron chi connectivity index (χ2n) is 26.9. The standard InChI is InChI=1S/C87H146O17P2/c1-5-9-13-17-21-25-29-32-35-38-40-43-46-49-53-56-60-64-68-72-85(90)98-78-83(104-87(92)74-70-66-62-58-54-50-47-44-41-39-36-33-30-26-22-18-14-10-6-2)80-102-106(95,96)100-76-81(88)75-99-105(93,94)101-79-82(103-86(91)73-69-65-61-57-51-28-24-20-16-12-8-4)77-97-84(89)71-67-63-59-55-52-48-45-42-37-34-31-27-23-19-15-11-7-3/h9-11,13-15,20-27,32-37,40-41,43-44,81-83,88H,5-8,12,16-19,28-31,38-39,42,45-80H2,1-4H3,(H,93,94)(H,95,96)/b13-9-,14-10-,15-11-,24-20-,25-21-,26-22-,27-23-,35-32-,36-33-,37-34-,43-40-,44-41-. The van der Waals surface area contributed by atoms with Gasteiger partial charge in [0.2, 0.25) is 0 Å². The lowest BCUT2D eigenvalue weighted by atomic mass is 10.1. The molecule has 0 saturated carbocycles. The van der Waals surface area contributed by atoms with E-state index in [1.807, 2.05) is 0 Å². The van der Waals surface area contributed by atoms with E-state index in [1.165, 1.54) is 12.8 Å². The Balaban J connectivity index is 5.37. The number of phosphoric ester groups is 2. The van der Waals surface area contributed by atoms with E-state index in [0.717, 1.165) is 231 Å². The fourth-order valence-electron chi connectivity index (χ4n) is 10.6. The van der Waals surface area contributed by atoms with Gasteiger partial charge in [0.05, 0.1) is 26.4 Å². The summed E-state index contributed by atoms with van der Waals surface area (Å²) in [7, 11) is -9.98. The number of hydrogen-bond donors (Lipinski definition) is 3. The molecule has 0 saturated heterocycles. The molecule has 0 spiro atoms. The Labute approximate surface area is 643 Å². The number of allylic oxidation sites excluding steroid dienone is 24. The van der Waals surface area contributed by atoms with Gasteiger partial charge in [-0.15, -0.1) is 0 Å². The summed E-state index contributed by atoms with van der Waals surface area (Å²) in [6.07, 6.45) is 89.6. The van der Waals surface area contributed by atoms with Crippen LogP contribution in [0.1, 0.15) is 323 Å². The van der Waals surface area contributed by atoms with E-state index in [9.17, 15) is 43.2 Å². The molecule has 0 fully saturated rings. The first-order valence-electron chi connectivity index (χ1n) is 41.1. The average Bonchev–Trinajstić information content (AvgIpc) is 0.901. The van der Waals surface area contributed by atoms with E-state index in [1.54, 1.807) is 0 Å². The number of carbonyl (C=O) groups is 4. The van der Waals surface area contributed by atoms with Crippen LogP contribution in [-0.4, -0.2) is 96.7 Å². The van der Waals surface area contributed by atoms with Crippen molar-refractivity contribution in [2.75, 3.05) is 39.6 Å². The van der Waals surface area contributed by atoms with Crippen molar-refractivity contribution in [3.05, 3.63) is 146 Å². The summed E-state index contributed by atoms with van der Waals surface area (Å²) in [5, 5.41) is 10.7. The molecule has 0 aromatic heterocycles. The molecule has 19 heteroatoms. The number of phosphoric acid groups is 2. The van der Waals surface area contributed by atoms with Crippen molar-refractivity contribution in [3.63, 3.8) is 0 Å². The molecule has 606 valence electrons. The second-order valence-corrected chi connectivity index (χ2v) is 29.8. The highest BCUT2D eigenvalue weighted by molar-refractivity contribution is 7.47. The fraction of sp³-hybridized carbons (Fsp3) is 0.678. The summed E-state index contributed by atoms with van der Waals surface area (Å²) in [5.74, 6) is -2.22. The van der Waals surface area contributed by atoms with Gasteiger partial charge in [0, 0.05) is 25.7 Å². The molecule has 5 unspecified atom stereocenters. The lowest BCUT2D eigenvalue weighted by Gasteiger charge is -2.21. The molecule has 0 rings (SSSR count). The van der Waals surface area contributed by atoms with Crippen LogP contribution in [0, 0.1) is 0 Å². The van der Waals surface area contributed by atoms with Crippen LogP contribution in [0.2, 0.25) is 0 Å². The molecule has 0 heterocycles. The number of ether oxygens (including phenoxy) is 4. The number of esters is 4. The van der Waals surface area contributed by atoms with Gasteiger partial charge in [0.1, 0.15) is 19.3 Å². The van der Waals surface area contributed by atoms with E-state index in [4.69, 9.17) is 37.0 Å². The monoisotopic (exact) mass is 1530 g/mol. The maximum Gasteiger partial charge on any atom is 0.472 e. The molecule has 0 bridgehead atoms. The summed E-state index contributed by atoms with van der Waals surface area (Å²) in [4.78, 5) is 73.1. The third kappa shape index (κ3) is 77.1. The molecule has 0 aromatic carbocycles. The van der Waals surface area contributed by atoms with E-state index in [-0.39, 0.29) is 25.7 Å². The zero-order valence-electron chi connectivity index (χ0n) is 66.3. The van der Waals surface area contributed by atoms with Crippen molar-refractivity contribution in [3.8, 4) is 0 Å². The highest BCUT2D eigenvalue weighted by atomic mass is 31.2. The van der Waals surface area contributed by atoms with Gasteiger partial charge in [-0.2, -0.15) is 0 Å². The Morgan fingerprint density at radius 3 is 0.764 bits per heavy atom. The van der Waals surface area contributed by atoms with Gasteiger partial charge in [0.15, 0.2) is 12.2 Å². The minimum atomic E-state index is -4.99. The van der Waals surface area contributed by atoms with Crippen LogP contribution in [0.3, 0.4) is 0 Å². The molecule has 0 aliphatic heterocycles. The first-order valence-corrected chi connectivity index (χ1v) is 44.1. The molecule has 5 atom stereocenters. The summed E-state index contributed by atoms with van der Waals surface area (Å²) in [6, 6.07) is 0. The number of aliphatic hydroxyl groups excluding tert-OH is 1. The van der Waals surface area contributed by atoms with Gasteiger partial charge in [-0.1, -0.05) is 289 Å². The Hall–Kier alpha value is -5.06. The van der Waals surface area contributed by atoms with E-state index < -0.39 is 97.5 Å². The maximum atomic E-state index is 13.1. The molecule has 0 aliphatic rings. The van der Waals surface area contributed by atoms with E-state index in [2.05, 4.69) is 174 Å². The number of unbranched alkanes of at least 4 members (excludes halogenated alkanes) is 26. The van der Waals surface area contributed by atoms with Gasteiger partial charge in [-0.05, 0) is 154 Å². The maximum absolute atomic E-state index is 13.1. The Morgan fingerprint density at radius 1 is 0.274 bits per heavy atom. The first kappa shape index (κ1) is 101. The van der Waals surface area contributed by atoms with Crippen molar-refractivity contribution < 1.29 is 80.2 Å². The van der Waals surface area contributed by atoms with Crippen LogP contribution in [0.15, 0.2) is 146 Å². The minimum Gasteiger partial charge on any atom is -0.462 e. The van der Waals surface area contributed by atoms with Crippen LogP contribution in [0.5, 0.6) is 0 Å². The number of aliphatic hydroxyl groups is 1. The normalized spacial score (nSPS) is 14.6. The Kier molecular flexibility index (Phi) is 74.3. The predicted molar refractivity (Wildman–Crippen MR) is 436 cm³/mol. The Bertz CT molecular complexity index is 2580. The lowest BCUT2D eigenvalue weighted by Crippen LogP contribution is -2.30. The van der Waals surface area contributed by atoms with Crippen LogP contribution < -0.4 is 0 Å². The van der Waals surface area contributed by atoms with Crippen molar-refractivity contribution in [2.45, 2.75) is 341 Å². The molecule has 0 amide bonds. The highest BCUT2D eigenvalue weighted by Gasteiger charge is 2.30. The van der Waals surface area contributed by atoms with Crippen LogP contribution in [-0.2, 0) is 65.4 Å². The Morgan fingerprint density at radius 2 is 0.491 bits per heavy atom. The number of hydrogen-bond acceptors (Lipinski definition) is 15. The highest BCUT2D eigenvalue weighted by Crippen LogP contribution is 2.45. The lowest BCUT2D eigenvalue weighted by molar-refractivity contribution is -0.161. The van der Waals surface area contributed by atoms with Crippen molar-refractivity contribution >= 4 is 39.5 Å². The van der Waals surface area contributed by atoms with Crippen molar-refractivity contribution in [2.24, 2.45) is 0 Å². The molecule has 0 aromatic rings.